The number of hydrogen-bond acceptors (Lipinski definition) is 0. The molecule has 0 spiro atoms. The van der Waals surface area contributed by atoms with E-state index in [4.69, 9.17) is 0 Å². The third-order valence-electron chi connectivity index (χ3n) is 3.02. The van der Waals surface area contributed by atoms with E-state index >= 15 is 0 Å². The molecule has 0 unspecified atom stereocenters. The zero-order chi connectivity index (χ0) is 12.0. The Morgan fingerprint density at radius 1 is 1.00 bits per heavy atom. The Hall–Kier alpha value is -1.04. The summed E-state index contributed by atoms with van der Waals surface area (Å²) in [6, 6.07) is 7.06. The molecule has 88 valence electrons. The standard InChI is InChI=1S/C16H24/c1-5-8-14-10-15(9-6-2)12-16(11-14)13(4)7-3/h7,10-12H,5-6,8-9H2,1-4H3/b13-7-. The first-order chi connectivity index (χ1) is 7.71. The predicted molar refractivity (Wildman–Crippen MR) is 73.8 cm³/mol. The number of hydrogen-bond donors (Lipinski definition) is 0. The fourth-order valence-electron chi connectivity index (χ4n) is 2.02. The van der Waals surface area contributed by atoms with Gasteiger partial charge in [-0.15, -0.1) is 0 Å². The van der Waals surface area contributed by atoms with Gasteiger partial charge in [0, 0.05) is 0 Å². The molecule has 16 heavy (non-hydrogen) atoms. The van der Waals surface area contributed by atoms with Gasteiger partial charge in [0.1, 0.15) is 0 Å². The van der Waals surface area contributed by atoms with Gasteiger partial charge in [-0.2, -0.15) is 0 Å². The summed E-state index contributed by atoms with van der Waals surface area (Å²) in [6.45, 7) is 8.80. The second kappa shape index (κ2) is 6.52. The lowest BCUT2D eigenvalue weighted by Crippen LogP contribution is -1.92. The van der Waals surface area contributed by atoms with Crippen molar-refractivity contribution in [2.24, 2.45) is 0 Å². The molecule has 0 saturated carbocycles. The van der Waals surface area contributed by atoms with Crippen molar-refractivity contribution in [3.05, 3.63) is 41.0 Å². The van der Waals surface area contributed by atoms with Gasteiger partial charge in [0.15, 0.2) is 0 Å². The average Bonchev–Trinajstić information content (AvgIpc) is 2.28. The minimum Gasteiger partial charge on any atom is -0.0841 e. The van der Waals surface area contributed by atoms with E-state index < -0.39 is 0 Å². The third kappa shape index (κ3) is 3.52. The third-order valence-corrected chi connectivity index (χ3v) is 3.02. The van der Waals surface area contributed by atoms with E-state index in [2.05, 4.69) is 52.0 Å². The summed E-state index contributed by atoms with van der Waals surface area (Å²) >= 11 is 0. The van der Waals surface area contributed by atoms with Crippen LogP contribution in [-0.2, 0) is 12.8 Å². The fourth-order valence-corrected chi connectivity index (χ4v) is 2.02. The van der Waals surface area contributed by atoms with E-state index in [0.29, 0.717) is 0 Å². The van der Waals surface area contributed by atoms with Crippen LogP contribution in [0.1, 0.15) is 57.2 Å². The molecule has 0 heterocycles. The molecule has 1 aromatic carbocycles. The molecular weight excluding hydrogens is 192 g/mol. The number of benzene rings is 1. The van der Waals surface area contributed by atoms with Crippen LogP contribution in [-0.4, -0.2) is 0 Å². The molecule has 1 aromatic rings. The first-order valence-corrected chi connectivity index (χ1v) is 6.47. The largest absolute Gasteiger partial charge is 0.0841 e. The molecule has 0 fully saturated rings. The second-order valence-electron chi connectivity index (χ2n) is 4.51. The molecule has 0 aliphatic heterocycles. The van der Waals surface area contributed by atoms with Crippen LogP contribution in [0.3, 0.4) is 0 Å². The fraction of sp³-hybridized carbons (Fsp3) is 0.500. The molecule has 1 rings (SSSR count). The lowest BCUT2D eigenvalue weighted by molar-refractivity contribution is 0.894. The van der Waals surface area contributed by atoms with E-state index in [1.54, 1.807) is 0 Å². The molecule has 0 aromatic heterocycles. The summed E-state index contributed by atoms with van der Waals surface area (Å²) in [5, 5.41) is 0. The molecule has 0 nitrogen and oxygen atoms in total. The average molecular weight is 216 g/mol. The highest BCUT2D eigenvalue weighted by Gasteiger charge is 2.01. The van der Waals surface area contributed by atoms with E-state index in [1.807, 2.05) is 0 Å². The maximum atomic E-state index is 2.37. The summed E-state index contributed by atoms with van der Waals surface area (Å²) in [4.78, 5) is 0. The summed E-state index contributed by atoms with van der Waals surface area (Å²) in [6.07, 6.45) is 7.04. The smallest absolute Gasteiger partial charge is 0.0225 e. The van der Waals surface area contributed by atoms with Crippen LogP contribution in [0.4, 0.5) is 0 Å². The van der Waals surface area contributed by atoms with Crippen LogP contribution >= 0.6 is 0 Å². The molecule has 0 atom stereocenters. The van der Waals surface area contributed by atoms with Crippen molar-refractivity contribution in [3.8, 4) is 0 Å². The van der Waals surface area contributed by atoms with Gasteiger partial charge >= 0.3 is 0 Å². The van der Waals surface area contributed by atoms with Crippen LogP contribution in [0.2, 0.25) is 0 Å². The normalized spacial score (nSPS) is 11.9. The molecule has 0 saturated heterocycles. The quantitative estimate of drug-likeness (QED) is 0.648. The van der Waals surface area contributed by atoms with Crippen molar-refractivity contribution < 1.29 is 0 Å². The summed E-state index contributed by atoms with van der Waals surface area (Å²) < 4.78 is 0. The van der Waals surface area contributed by atoms with Gasteiger partial charge < -0.3 is 0 Å². The first-order valence-electron chi connectivity index (χ1n) is 6.47. The van der Waals surface area contributed by atoms with Gasteiger partial charge in [0.05, 0.1) is 0 Å². The van der Waals surface area contributed by atoms with Crippen LogP contribution in [0.15, 0.2) is 24.3 Å². The number of aryl methyl sites for hydroxylation is 2. The Morgan fingerprint density at radius 2 is 1.50 bits per heavy atom. The van der Waals surface area contributed by atoms with E-state index in [-0.39, 0.29) is 0 Å². The molecular formula is C16H24. The Labute approximate surface area is 100 Å². The minimum atomic E-state index is 1.20. The van der Waals surface area contributed by atoms with Gasteiger partial charge in [-0.25, -0.2) is 0 Å². The summed E-state index contributed by atoms with van der Waals surface area (Å²) in [7, 11) is 0. The summed E-state index contributed by atoms with van der Waals surface area (Å²) in [5.41, 5.74) is 5.77. The lowest BCUT2D eigenvalue weighted by atomic mass is 9.96. The highest BCUT2D eigenvalue weighted by Crippen LogP contribution is 2.20. The van der Waals surface area contributed by atoms with E-state index in [0.717, 1.165) is 0 Å². The van der Waals surface area contributed by atoms with Crippen molar-refractivity contribution in [3.63, 3.8) is 0 Å². The second-order valence-corrected chi connectivity index (χ2v) is 4.51. The van der Waals surface area contributed by atoms with Crippen molar-refractivity contribution in [2.45, 2.75) is 53.4 Å². The van der Waals surface area contributed by atoms with Gasteiger partial charge in [-0.1, -0.05) is 51.0 Å². The SMILES string of the molecule is C/C=C(/C)c1cc(CCC)cc(CCC)c1. The molecule has 0 heteroatoms. The van der Waals surface area contributed by atoms with Crippen LogP contribution in [0.5, 0.6) is 0 Å². The van der Waals surface area contributed by atoms with Crippen molar-refractivity contribution in [2.75, 3.05) is 0 Å². The van der Waals surface area contributed by atoms with Crippen LogP contribution < -0.4 is 0 Å². The van der Waals surface area contributed by atoms with Gasteiger partial charge in [0.25, 0.3) is 0 Å². The minimum absolute atomic E-state index is 1.20. The monoisotopic (exact) mass is 216 g/mol. The topological polar surface area (TPSA) is 0 Å². The van der Waals surface area contributed by atoms with Crippen molar-refractivity contribution in [1.82, 2.24) is 0 Å². The Balaban J connectivity index is 3.07. The van der Waals surface area contributed by atoms with Gasteiger partial charge in [0.2, 0.25) is 0 Å². The highest BCUT2D eigenvalue weighted by molar-refractivity contribution is 5.64. The molecule has 0 aliphatic carbocycles. The number of allylic oxidation sites excluding steroid dienone is 2. The molecule has 0 radical (unpaired) electrons. The summed E-state index contributed by atoms with van der Waals surface area (Å²) in [5.74, 6) is 0. The zero-order valence-corrected chi connectivity index (χ0v) is 11.1. The molecule has 0 amide bonds. The van der Waals surface area contributed by atoms with Crippen molar-refractivity contribution >= 4 is 5.57 Å². The predicted octanol–water partition coefficient (Wildman–Crippen LogP) is 5.01. The lowest BCUT2D eigenvalue weighted by Gasteiger charge is -2.09. The maximum Gasteiger partial charge on any atom is -0.0225 e. The molecule has 0 N–H and O–H groups in total. The number of rotatable bonds is 5. The van der Waals surface area contributed by atoms with E-state index in [1.165, 1.54) is 47.9 Å². The van der Waals surface area contributed by atoms with Crippen LogP contribution in [0, 0.1) is 0 Å². The first kappa shape index (κ1) is 13.0. The Morgan fingerprint density at radius 3 is 1.88 bits per heavy atom. The highest BCUT2D eigenvalue weighted by atomic mass is 14.1. The van der Waals surface area contributed by atoms with Gasteiger partial charge in [-0.05, 0) is 49.0 Å². The maximum absolute atomic E-state index is 2.37. The zero-order valence-electron chi connectivity index (χ0n) is 11.1. The Kier molecular flexibility index (Phi) is 5.31. The van der Waals surface area contributed by atoms with Gasteiger partial charge in [-0.3, -0.25) is 0 Å². The van der Waals surface area contributed by atoms with Crippen molar-refractivity contribution in [1.29, 1.82) is 0 Å². The molecule has 0 bridgehead atoms. The Bertz CT molecular complexity index is 334. The van der Waals surface area contributed by atoms with Crippen LogP contribution in [0.25, 0.3) is 5.57 Å². The molecule has 0 aliphatic rings. The van der Waals surface area contributed by atoms with E-state index in [9.17, 15) is 0 Å².